The number of rotatable bonds is 13. The maximum Gasteiger partial charge on any atom is 0.350 e. The number of Topliss-reactive ketones (excluding diaryl/α,β-unsaturated/α-hetero) is 1. The van der Waals surface area contributed by atoms with Gasteiger partial charge in [0, 0.05) is 26.1 Å². The predicted molar refractivity (Wildman–Crippen MR) is 167 cm³/mol. The van der Waals surface area contributed by atoms with E-state index in [0.717, 1.165) is 38.5 Å². The smallest absolute Gasteiger partial charge is 0.350 e. The van der Waals surface area contributed by atoms with E-state index in [9.17, 15) is 24.3 Å². The first kappa shape index (κ1) is 35.8. The van der Waals surface area contributed by atoms with Gasteiger partial charge in [0.2, 0.25) is 5.60 Å². The highest BCUT2D eigenvalue weighted by atomic mass is 16.6. The van der Waals surface area contributed by atoms with Crippen molar-refractivity contribution in [2.24, 2.45) is 40.4 Å². The fraction of sp³-hybridized carbons (Fsp3) is 0.886. The zero-order valence-corrected chi connectivity index (χ0v) is 28.7. The fourth-order valence-corrected chi connectivity index (χ4v) is 9.95. The standard InChI is InChI=1S/C35H57NO9/c1-23(38)26-10-11-27-25-9-8-24-20-33(4,14-15-34(24,5)28(25)12-13-35(26,27)6)45-30(40)22-43-31(41)32(2,3)44-29(39)21-36(16-18-37)17-19-42-7/h24-28,37H,8-22H2,1-7H3/t24-,25-,26+,27-,28-,33+,34-,35+/m0/s1. The molecule has 0 aromatic rings. The SMILES string of the molecule is COCCN(CCO)CC(=O)OC(C)(C)C(=O)OCC(=O)O[C@]1(C)CC[C@@]2(C)[C@@H](CC[C@@H]3[C@@H]2CC[C@]2(C)[C@@H](C(C)=O)CC[C@@H]32)C1. The van der Waals surface area contributed by atoms with Crippen molar-refractivity contribution in [3.63, 3.8) is 0 Å². The molecule has 1 N–H and O–H groups in total. The number of carbonyl (C=O) groups excluding carboxylic acids is 4. The van der Waals surface area contributed by atoms with Crippen molar-refractivity contribution in [1.82, 2.24) is 4.90 Å². The number of hydrogen-bond donors (Lipinski definition) is 1. The third kappa shape index (κ3) is 7.59. The molecule has 4 aliphatic carbocycles. The van der Waals surface area contributed by atoms with Gasteiger partial charge in [-0.25, -0.2) is 9.59 Å². The second-order valence-corrected chi connectivity index (χ2v) is 15.6. The van der Waals surface area contributed by atoms with Crippen molar-refractivity contribution < 1.29 is 43.2 Å². The Balaban J connectivity index is 1.28. The molecule has 0 heterocycles. The molecule has 0 aromatic heterocycles. The van der Waals surface area contributed by atoms with Gasteiger partial charge in [-0.2, -0.15) is 0 Å². The molecule has 4 aliphatic rings. The molecule has 4 fully saturated rings. The number of methoxy groups -OCH3 is 1. The molecule has 0 aromatic carbocycles. The molecule has 45 heavy (non-hydrogen) atoms. The average molecular weight is 636 g/mol. The molecule has 4 rings (SSSR count). The van der Waals surface area contributed by atoms with Gasteiger partial charge in [-0.15, -0.1) is 0 Å². The number of nitrogens with zero attached hydrogens (tertiary/aromatic N) is 1. The first-order valence-electron chi connectivity index (χ1n) is 17.0. The van der Waals surface area contributed by atoms with Crippen LogP contribution < -0.4 is 0 Å². The predicted octanol–water partition coefficient (Wildman–Crippen LogP) is 4.34. The van der Waals surface area contributed by atoms with Crippen LogP contribution in [-0.2, 0) is 38.1 Å². The zero-order valence-electron chi connectivity index (χ0n) is 28.7. The highest BCUT2D eigenvalue weighted by molar-refractivity contribution is 5.85. The molecule has 0 aliphatic heterocycles. The van der Waals surface area contributed by atoms with E-state index in [0.29, 0.717) is 42.6 Å². The van der Waals surface area contributed by atoms with Crippen molar-refractivity contribution >= 4 is 23.7 Å². The molecule has 10 nitrogen and oxygen atoms in total. The molecule has 0 radical (unpaired) electrons. The highest BCUT2D eigenvalue weighted by Gasteiger charge is 2.62. The van der Waals surface area contributed by atoms with Crippen LogP contribution in [0.2, 0.25) is 0 Å². The number of carbonyl (C=O) groups is 4. The molecule has 4 saturated carbocycles. The van der Waals surface area contributed by atoms with Crippen LogP contribution >= 0.6 is 0 Å². The van der Waals surface area contributed by atoms with Crippen LogP contribution in [0.25, 0.3) is 0 Å². The molecule has 0 unspecified atom stereocenters. The topological polar surface area (TPSA) is 129 Å². The quantitative estimate of drug-likeness (QED) is 0.231. The Morgan fingerprint density at radius 2 is 1.60 bits per heavy atom. The Morgan fingerprint density at radius 3 is 2.27 bits per heavy atom. The average Bonchev–Trinajstić information content (AvgIpc) is 3.32. The van der Waals surface area contributed by atoms with E-state index < -0.39 is 35.7 Å². The maximum absolute atomic E-state index is 12.9. The molecular formula is C35H57NO9. The van der Waals surface area contributed by atoms with Gasteiger partial charge in [0.15, 0.2) is 6.61 Å². The number of hydrogen-bond acceptors (Lipinski definition) is 10. The van der Waals surface area contributed by atoms with Crippen molar-refractivity contribution in [3.8, 4) is 0 Å². The normalized spacial score (nSPS) is 36.0. The summed E-state index contributed by atoms with van der Waals surface area (Å²) >= 11 is 0. The molecule has 0 saturated heterocycles. The lowest BCUT2D eigenvalue weighted by atomic mass is 9.44. The Hall–Kier alpha value is -2.04. The summed E-state index contributed by atoms with van der Waals surface area (Å²) in [5, 5.41) is 9.24. The molecule has 10 heteroatoms. The number of ketones is 1. The second kappa shape index (κ2) is 14.0. The summed E-state index contributed by atoms with van der Waals surface area (Å²) in [6, 6.07) is 0. The van der Waals surface area contributed by atoms with Gasteiger partial charge < -0.3 is 24.1 Å². The molecule has 0 amide bonds. The third-order valence-corrected chi connectivity index (χ3v) is 12.3. The van der Waals surface area contributed by atoms with E-state index >= 15 is 0 Å². The number of aliphatic hydroxyl groups is 1. The van der Waals surface area contributed by atoms with Crippen LogP contribution in [0.15, 0.2) is 0 Å². The van der Waals surface area contributed by atoms with Gasteiger partial charge in [-0.3, -0.25) is 14.5 Å². The van der Waals surface area contributed by atoms with E-state index in [2.05, 4.69) is 13.8 Å². The number of fused-ring (bicyclic) bond motifs is 5. The van der Waals surface area contributed by atoms with Crippen LogP contribution in [0.4, 0.5) is 0 Å². The Morgan fingerprint density at radius 1 is 0.889 bits per heavy atom. The first-order chi connectivity index (χ1) is 21.1. The van der Waals surface area contributed by atoms with Gasteiger partial charge in [0.05, 0.1) is 19.8 Å². The zero-order chi connectivity index (χ0) is 33.2. The van der Waals surface area contributed by atoms with Gasteiger partial charge in [0.1, 0.15) is 11.4 Å². The van der Waals surface area contributed by atoms with Gasteiger partial charge >= 0.3 is 17.9 Å². The van der Waals surface area contributed by atoms with Gasteiger partial charge in [-0.1, -0.05) is 13.8 Å². The lowest BCUT2D eigenvalue weighted by Crippen LogP contribution is -2.56. The molecule has 256 valence electrons. The Kier molecular flexibility index (Phi) is 11.1. The minimum Gasteiger partial charge on any atom is -0.457 e. The number of ether oxygens (including phenoxy) is 4. The summed E-state index contributed by atoms with van der Waals surface area (Å²) in [4.78, 5) is 52.3. The van der Waals surface area contributed by atoms with Gasteiger partial charge in [0.25, 0.3) is 0 Å². The van der Waals surface area contributed by atoms with Crippen molar-refractivity contribution in [3.05, 3.63) is 0 Å². The molecule has 0 spiro atoms. The minimum atomic E-state index is -1.60. The number of esters is 3. The lowest BCUT2D eigenvalue weighted by molar-refractivity contribution is -0.191. The van der Waals surface area contributed by atoms with E-state index in [1.54, 1.807) is 18.9 Å². The number of aliphatic hydroxyl groups excluding tert-OH is 1. The molecule has 8 atom stereocenters. The summed E-state index contributed by atoms with van der Waals surface area (Å²) in [6.07, 6.45) is 9.34. The largest absolute Gasteiger partial charge is 0.457 e. The summed E-state index contributed by atoms with van der Waals surface area (Å²) in [6.45, 7) is 11.7. The monoisotopic (exact) mass is 635 g/mol. The third-order valence-electron chi connectivity index (χ3n) is 12.3. The van der Waals surface area contributed by atoms with Crippen LogP contribution in [0, 0.1) is 40.4 Å². The van der Waals surface area contributed by atoms with Crippen LogP contribution in [-0.4, -0.2) is 91.5 Å². The summed E-state index contributed by atoms with van der Waals surface area (Å²) in [5.74, 6) is 0.882. The molecule has 0 bridgehead atoms. The first-order valence-corrected chi connectivity index (χ1v) is 17.0. The van der Waals surface area contributed by atoms with Crippen molar-refractivity contribution in [1.29, 1.82) is 0 Å². The second-order valence-electron chi connectivity index (χ2n) is 15.6. The van der Waals surface area contributed by atoms with Crippen LogP contribution in [0.1, 0.15) is 99.3 Å². The fourth-order valence-electron chi connectivity index (χ4n) is 9.95. The Bertz CT molecular complexity index is 1110. The van der Waals surface area contributed by atoms with Crippen LogP contribution in [0.5, 0.6) is 0 Å². The summed E-state index contributed by atoms with van der Waals surface area (Å²) in [5.41, 5.74) is -1.89. The molecular weight excluding hydrogens is 578 g/mol. The summed E-state index contributed by atoms with van der Waals surface area (Å²) in [7, 11) is 1.54. The van der Waals surface area contributed by atoms with E-state index in [1.165, 1.54) is 33.1 Å². The van der Waals surface area contributed by atoms with Gasteiger partial charge in [-0.05, 0) is 120 Å². The summed E-state index contributed by atoms with van der Waals surface area (Å²) < 4.78 is 21.7. The van der Waals surface area contributed by atoms with E-state index in [-0.39, 0.29) is 36.4 Å². The Labute approximate surface area is 269 Å². The van der Waals surface area contributed by atoms with Crippen LogP contribution in [0.3, 0.4) is 0 Å². The maximum atomic E-state index is 12.9. The highest BCUT2D eigenvalue weighted by Crippen LogP contribution is 2.68. The minimum absolute atomic E-state index is 0.123. The van der Waals surface area contributed by atoms with Crippen molar-refractivity contribution in [2.75, 3.05) is 46.6 Å². The van der Waals surface area contributed by atoms with Crippen molar-refractivity contribution in [2.45, 2.75) is 111 Å². The van der Waals surface area contributed by atoms with E-state index in [1.807, 2.05) is 6.92 Å². The lowest BCUT2D eigenvalue weighted by Gasteiger charge is -2.62. The van der Waals surface area contributed by atoms with E-state index in [4.69, 9.17) is 18.9 Å².